The van der Waals surface area contributed by atoms with Crippen molar-refractivity contribution in [2.24, 2.45) is 0 Å². The van der Waals surface area contributed by atoms with Crippen LogP contribution >= 0.6 is 0 Å². The van der Waals surface area contributed by atoms with Crippen molar-refractivity contribution in [3.8, 4) is 17.1 Å². The quantitative estimate of drug-likeness (QED) is 0.622. The van der Waals surface area contributed by atoms with E-state index in [4.69, 9.17) is 14.7 Å². The molecule has 0 amide bonds. The normalized spacial score (nSPS) is 16.7. The molecule has 25 heavy (non-hydrogen) atoms. The van der Waals surface area contributed by atoms with Crippen LogP contribution in [-0.4, -0.2) is 30.2 Å². The second kappa shape index (κ2) is 5.81. The molecule has 126 valence electrons. The molecule has 1 N–H and O–H groups in total. The van der Waals surface area contributed by atoms with E-state index in [-0.39, 0.29) is 0 Å². The summed E-state index contributed by atoms with van der Waals surface area (Å²) in [5.41, 5.74) is 5.95. The van der Waals surface area contributed by atoms with Crippen molar-refractivity contribution in [1.29, 1.82) is 0 Å². The lowest BCUT2D eigenvalue weighted by molar-refractivity contribution is 0.414. The maximum Gasteiger partial charge on any atom is 0.160 e. The van der Waals surface area contributed by atoms with Gasteiger partial charge in [0.15, 0.2) is 5.82 Å². The monoisotopic (exact) mass is 331 g/mol. The minimum atomic E-state index is 0.675. The fourth-order valence-corrected chi connectivity index (χ4v) is 4.05. The van der Waals surface area contributed by atoms with Crippen molar-refractivity contribution in [1.82, 2.24) is 15.3 Å². The van der Waals surface area contributed by atoms with Crippen LogP contribution in [0.5, 0.6) is 5.75 Å². The minimum absolute atomic E-state index is 0.675. The average Bonchev–Trinajstić information content (AvgIpc) is 2.66. The number of nitrogens with one attached hydrogen (secondary N) is 1. The second-order valence-corrected chi connectivity index (χ2v) is 7.00. The Labute approximate surface area is 147 Å². The van der Waals surface area contributed by atoms with E-state index in [2.05, 4.69) is 35.6 Å². The third-order valence-corrected chi connectivity index (χ3v) is 5.50. The second-order valence-electron chi connectivity index (χ2n) is 7.00. The van der Waals surface area contributed by atoms with Crippen molar-refractivity contribution in [2.75, 3.05) is 20.2 Å². The first-order valence-electron chi connectivity index (χ1n) is 9.00. The summed E-state index contributed by atoms with van der Waals surface area (Å²) in [7, 11) is 1.70. The number of methoxy groups -OCH3 is 1. The average molecular weight is 331 g/mol. The van der Waals surface area contributed by atoms with Gasteiger partial charge < -0.3 is 10.1 Å². The smallest absolute Gasteiger partial charge is 0.160 e. The maximum atomic E-state index is 5.40. The number of aromatic nitrogens is 2. The van der Waals surface area contributed by atoms with Crippen LogP contribution in [0.4, 0.5) is 0 Å². The number of nitrogens with zero attached hydrogens (tertiary/aromatic N) is 2. The Morgan fingerprint density at radius 3 is 2.60 bits per heavy atom. The van der Waals surface area contributed by atoms with E-state index in [0.29, 0.717) is 5.92 Å². The highest BCUT2D eigenvalue weighted by molar-refractivity contribution is 5.92. The molecule has 1 fully saturated rings. The lowest BCUT2D eigenvalue weighted by atomic mass is 9.89. The minimum Gasteiger partial charge on any atom is -0.497 e. The standard InChI is InChI=1S/C21H21N3O/c1-25-17-10-16-11-18-20(16)19(12-17)24-21(23-18)15-4-2-13(3-5-15)14-6-8-22-9-7-14/h2-5,10,12,14,22H,6-9,11H2,1H3. The van der Waals surface area contributed by atoms with Gasteiger partial charge in [0.25, 0.3) is 0 Å². The third-order valence-electron chi connectivity index (χ3n) is 5.50. The number of benzene rings is 2. The SMILES string of the molecule is COc1cc2c3c(nc(-c4ccc(C5CCNCC5)cc4)nc3c1)C2. The highest BCUT2D eigenvalue weighted by Crippen LogP contribution is 2.37. The lowest BCUT2D eigenvalue weighted by Crippen LogP contribution is -2.26. The molecular formula is C21H21N3O. The van der Waals surface area contributed by atoms with Gasteiger partial charge in [-0.05, 0) is 49.0 Å². The molecule has 1 aromatic heterocycles. The molecule has 5 rings (SSSR count). The molecule has 0 radical (unpaired) electrons. The fraction of sp³-hybridized carbons (Fsp3) is 0.333. The van der Waals surface area contributed by atoms with Gasteiger partial charge in [0.1, 0.15) is 5.75 Å². The molecular weight excluding hydrogens is 310 g/mol. The van der Waals surface area contributed by atoms with Gasteiger partial charge in [0, 0.05) is 23.4 Å². The number of piperidine rings is 1. The Hall–Kier alpha value is -2.46. The summed E-state index contributed by atoms with van der Waals surface area (Å²) in [5, 5.41) is 4.63. The molecule has 0 atom stereocenters. The van der Waals surface area contributed by atoms with E-state index in [9.17, 15) is 0 Å². The van der Waals surface area contributed by atoms with Gasteiger partial charge >= 0.3 is 0 Å². The van der Waals surface area contributed by atoms with Crippen molar-refractivity contribution in [2.45, 2.75) is 25.2 Å². The zero-order chi connectivity index (χ0) is 16.8. The molecule has 3 aromatic rings. The maximum absolute atomic E-state index is 5.40. The summed E-state index contributed by atoms with van der Waals surface area (Å²) < 4.78 is 5.40. The summed E-state index contributed by atoms with van der Waals surface area (Å²) in [6.45, 7) is 2.24. The Morgan fingerprint density at radius 1 is 1.04 bits per heavy atom. The number of rotatable bonds is 3. The van der Waals surface area contributed by atoms with Crippen LogP contribution in [0.3, 0.4) is 0 Å². The molecule has 2 heterocycles. The summed E-state index contributed by atoms with van der Waals surface area (Å²) in [4.78, 5) is 9.58. The Bertz CT molecular complexity index is 944. The van der Waals surface area contributed by atoms with E-state index in [0.717, 1.165) is 47.9 Å². The highest BCUT2D eigenvalue weighted by atomic mass is 16.5. The molecule has 1 aliphatic heterocycles. The van der Waals surface area contributed by atoms with Gasteiger partial charge in [-0.15, -0.1) is 0 Å². The number of ether oxygens (including phenoxy) is 1. The molecule has 0 unspecified atom stereocenters. The van der Waals surface area contributed by atoms with E-state index >= 15 is 0 Å². The predicted molar refractivity (Wildman–Crippen MR) is 99.2 cm³/mol. The van der Waals surface area contributed by atoms with Crippen molar-refractivity contribution >= 4 is 10.9 Å². The summed E-state index contributed by atoms with van der Waals surface area (Å²) in [6, 6.07) is 12.9. The van der Waals surface area contributed by atoms with Crippen LogP contribution in [0, 0.1) is 0 Å². The van der Waals surface area contributed by atoms with E-state index in [1.54, 1.807) is 7.11 Å². The van der Waals surface area contributed by atoms with Crippen LogP contribution < -0.4 is 10.1 Å². The first-order chi connectivity index (χ1) is 12.3. The van der Waals surface area contributed by atoms with Crippen LogP contribution in [-0.2, 0) is 6.42 Å². The van der Waals surface area contributed by atoms with Crippen LogP contribution in [0.2, 0.25) is 0 Å². The highest BCUT2D eigenvalue weighted by Gasteiger charge is 2.22. The van der Waals surface area contributed by atoms with Crippen LogP contribution in [0.1, 0.15) is 35.6 Å². The Kier molecular flexibility index (Phi) is 3.45. The van der Waals surface area contributed by atoms with Crippen LogP contribution in [0.25, 0.3) is 22.3 Å². The van der Waals surface area contributed by atoms with Crippen LogP contribution in [0.15, 0.2) is 36.4 Å². The molecule has 0 bridgehead atoms. The van der Waals surface area contributed by atoms with Gasteiger partial charge in [-0.3, -0.25) is 0 Å². The summed E-state index contributed by atoms with van der Waals surface area (Å²) >= 11 is 0. The van der Waals surface area contributed by atoms with Crippen molar-refractivity contribution in [3.05, 3.63) is 53.2 Å². The Balaban J connectivity index is 1.51. The number of hydrogen-bond acceptors (Lipinski definition) is 4. The number of hydrogen-bond donors (Lipinski definition) is 1. The first-order valence-corrected chi connectivity index (χ1v) is 9.00. The molecule has 2 aliphatic rings. The molecule has 0 saturated carbocycles. The van der Waals surface area contributed by atoms with E-state index < -0.39 is 0 Å². The molecule has 2 aromatic carbocycles. The van der Waals surface area contributed by atoms with Gasteiger partial charge in [-0.1, -0.05) is 24.3 Å². The van der Waals surface area contributed by atoms with Gasteiger partial charge in [-0.2, -0.15) is 0 Å². The third kappa shape index (κ3) is 2.48. The topological polar surface area (TPSA) is 47.0 Å². The fourth-order valence-electron chi connectivity index (χ4n) is 4.05. The first kappa shape index (κ1) is 14.8. The van der Waals surface area contributed by atoms with E-state index in [1.807, 2.05) is 6.07 Å². The zero-order valence-electron chi connectivity index (χ0n) is 14.4. The van der Waals surface area contributed by atoms with Gasteiger partial charge in [0.05, 0.1) is 18.3 Å². The molecule has 0 spiro atoms. The zero-order valence-corrected chi connectivity index (χ0v) is 14.4. The lowest BCUT2D eigenvalue weighted by Gasteiger charge is -2.23. The van der Waals surface area contributed by atoms with Crippen molar-refractivity contribution in [3.63, 3.8) is 0 Å². The largest absolute Gasteiger partial charge is 0.497 e. The summed E-state index contributed by atoms with van der Waals surface area (Å²) in [6.07, 6.45) is 3.35. The predicted octanol–water partition coefficient (Wildman–Crippen LogP) is 3.68. The molecule has 4 heteroatoms. The molecule has 4 nitrogen and oxygen atoms in total. The van der Waals surface area contributed by atoms with Gasteiger partial charge in [0.2, 0.25) is 0 Å². The molecule has 1 saturated heterocycles. The summed E-state index contributed by atoms with van der Waals surface area (Å²) in [5.74, 6) is 2.37. The van der Waals surface area contributed by atoms with Gasteiger partial charge in [-0.25, -0.2) is 9.97 Å². The molecule has 1 aliphatic carbocycles. The van der Waals surface area contributed by atoms with Crippen molar-refractivity contribution < 1.29 is 4.74 Å². The Morgan fingerprint density at radius 2 is 1.84 bits per heavy atom. The van der Waals surface area contributed by atoms with E-state index in [1.165, 1.54) is 29.4 Å².